The number of carbonyl (C=O) groups excluding carboxylic acids is 1. The molecule has 0 aromatic heterocycles. The number of nitrogens with zero attached hydrogens (tertiary/aromatic N) is 3. The Morgan fingerprint density at radius 3 is 2.88 bits per heavy atom. The van der Waals surface area contributed by atoms with Crippen LogP contribution in [0.4, 0.5) is 4.79 Å². The first-order chi connectivity index (χ1) is 7.56. The van der Waals surface area contributed by atoms with Crippen molar-refractivity contribution >= 4 is 17.7 Å². The molecule has 2 rings (SSSR count). The maximum absolute atomic E-state index is 11.5. The van der Waals surface area contributed by atoms with Crippen LogP contribution in [0.25, 0.3) is 0 Å². The van der Waals surface area contributed by atoms with Crippen molar-refractivity contribution in [1.82, 2.24) is 9.91 Å². The molecule has 1 aliphatic carbocycles. The van der Waals surface area contributed by atoms with E-state index in [4.69, 9.17) is 5.11 Å². The van der Waals surface area contributed by atoms with Crippen LogP contribution in [0.5, 0.6) is 0 Å². The lowest BCUT2D eigenvalue weighted by molar-refractivity contribution is -0.128. The quantitative estimate of drug-likeness (QED) is 0.761. The molecule has 6 nitrogen and oxygen atoms in total. The van der Waals surface area contributed by atoms with Crippen LogP contribution >= 0.6 is 0 Å². The number of hydrazone groups is 1. The van der Waals surface area contributed by atoms with Crippen molar-refractivity contribution in [3.63, 3.8) is 0 Å². The second-order valence-corrected chi connectivity index (χ2v) is 4.40. The van der Waals surface area contributed by atoms with Crippen molar-refractivity contribution in [2.75, 3.05) is 20.1 Å². The first-order valence-electron chi connectivity index (χ1n) is 5.37. The number of rotatable bonds is 4. The lowest BCUT2D eigenvalue weighted by Gasteiger charge is -2.11. The Kier molecular flexibility index (Phi) is 2.80. The first-order valence-corrected chi connectivity index (χ1v) is 5.37. The predicted octanol–water partition coefficient (Wildman–Crippen LogP) is 0.595. The van der Waals surface area contributed by atoms with Gasteiger partial charge < -0.3 is 10.0 Å². The largest absolute Gasteiger partial charge is 0.465 e. The summed E-state index contributed by atoms with van der Waals surface area (Å²) >= 11 is 0. The lowest BCUT2D eigenvalue weighted by atomic mass is 10.2. The Morgan fingerprint density at radius 2 is 2.31 bits per heavy atom. The van der Waals surface area contributed by atoms with Crippen molar-refractivity contribution in [3.8, 4) is 0 Å². The molecule has 0 aromatic carbocycles. The third-order valence-corrected chi connectivity index (χ3v) is 2.78. The molecule has 0 spiro atoms. The molecule has 2 aliphatic rings. The zero-order chi connectivity index (χ0) is 11.7. The third-order valence-electron chi connectivity index (χ3n) is 2.78. The van der Waals surface area contributed by atoms with E-state index in [2.05, 4.69) is 5.10 Å². The molecule has 1 fully saturated rings. The normalized spacial score (nSPS) is 19.9. The minimum absolute atomic E-state index is 0.0133. The van der Waals surface area contributed by atoms with Crippen molar-refractivity contribution in [2.45, 2.75) is 19.3 Å². The van der Waals surface area contributed by atoms with E-state index in [9.17, 15) is 9.59 Å². The average Bonchev–Trinajstić information content (AvgIpc) is 2.93. The van der Waals surface area contributed by atoms with E-state index >= 15 is 0 Å². The molecule has 0 unspecified atom stereocenters. The molecule has 0 atom stereocenters. The van der Waals surface area contributed by atoms with Crippen LogP contribution < -0.4 is 0 Å². The molecule has 2 amide bonds. The van der Waals surface area contributed by atoms with Crippen molar-refractivity contribution in [1.29, 1.82) is 0 Å². The Balaban J connectivity index is 1.90. The van der Waals surface area contributed by atoms with E-state index in [0.717, 1.165) is 4.90 Å². The van der Waals surface area contributed by atoms with Gasteiger partial charge in [0.1, 0.15) is 0 Å². The third kappa shape index (κ3) is 2.50. The number of carboxylic acid groups (broad SMARTS) is 1. The summed E-state index contributed by atoms with van der Waals surface area (Å²) in [6.07, 6.45) is 1.59. The zero-order valence-corrected chi connectivity index (χ0v) is 9.22. The van der Waals surface area contributed by atoms with Gasteiger partial charge in [-0.2, -0.15) is 5.10 Å². The predicted molar refractivity (Wildman–Crippen MR) is 57.1 cm³/mol. The Hall–Kier alpha value is -1.59. The zero-order valence-electron chi connectivity index (χ0n) is 9.22. The topological polar surface area (TPSA) is 73.2 Å². The van der Waals surface area contributed by atoms with Gasteiger partial charge in [0.05, 0.1) is 18.7 Å². The van der Waals surface area contributed by atoms with Crippen LogP contribution in [0.2, 0.25) is 0 Å². The summed E-state index contributed by atoms with van der Waals surface area (Å²) in [7, 11) is 1.47. The van der Waals surface area contributed by atoms with E-state index in [-0.39, 0.29) is 18.9 Å². The SMILES string of the molecule is CN(CC1=NN(CC2CC2)C(=O)C1)C(=O)O. The van der Waals surface area contributed by atoms with Gasteiger partial charge in [0.25, 0.3) is 0 Å². The molecular weight excluding hydrogens is 210 g/mol. The molecule has 1 N–H and O–H groups in total. The van der Waals surface area contributed by atoms with Crippen LogP contribution in [0.3, 0.4) is 0 Å². The number of hydrogen-bond acceptors (Lipinski definition) is 3. The smallest absolute Gasteiger partial charge is 0.407 e. The molecule has 0 bridgehead atoms. The summed E-state index contributed by atoms with van der Waals surface area (Å²) < 4.78 is 0. The summed E-state index contributed by atoms with van der Waals surface area (Å²) in [5.74, 6) is 0.588. The maximum atomic E-state index is 11.5. The molecule has 1 heterocycles. The Labute approximate surface area is 93.5 Å². The molecule has 0 aromatic rings. The minimum Gasteiger partial charge on any atom is -0.465 e. The van der Waals surface area contributed by atoms with Gasteiger partial charge in [-0.25, -0.2) is 9.80 Å². The van der Waals surface area contributed by atoms with Crippen molar-refractivity contribution < 1.29 is 14.7 Å². The van der Waals surface area contributed by atoms with Gasteiger partial charge in [-0.15, -0.1) is 0 Å². The highest BCUT2D eigenvalue weighted by Gasteiger charge is 2.31. The molecule has 16 heavy (non-hydrogen) atoms. The van der Waals surface area contributed by atoms with E-state index in [1.165, 1.54) is 24.9 Å². The van der Waals surface area contributed by atoms with Crippen LogP contribution in [0.1, 0.15) is 19.3 Å². The van der Waals surface area contributed by atoms with Crippen LogP contribution in [-0.4, -0.2) is 52.9 Å². The fourth-order valence-electron chi connectivity index (χ4n) is 1.64. The highest BCUT2D eigenvalue weighted by atomic mass is 16.4. The average molecular weight is 225 g/mol. The second-order valence-electron chi connectivity index (χ2n) is 4.40. The van der Waals surface area contributed by atoms with Gasteiger partial charge >= 0.3 is 6.09 Å². The van der Waals surface area contributed by atoms with Gasteiger partial charge in [-0.1, -0.05) is 0 Å². The Morgan fingerprint density at radius 1 is 1.62 bits per heavy atom. The molecule has 6 heteroatoms. The highest BCUT2D eigenvalue weighted by Crippen LogP contribution is 2.30. The van der Waals surface area contributed by atoms with Crippen LogP contribution in [-0.2, 0) is 4.79 Å². The van der Waals surface area contributed by atoms with E-state index in [1.807, 2.05) is 0 Å². The fraction of sp³-hybridized carbons (Fsp3) is 0.700. The van der Waals surface area contributed by atoms with Crippen molar-refractivity contribution in [3.05, 3.63) is 0 Å². The molecule has 1 saturated carbocycles. The van der Waals surface area contributed by atoms with Crippen LogP contribution in [0.15, 0.2) is 5.10 Å². The highest BCUT2D eigenvalue weighted by molar-refractivity contribution is 6.06. The van der Waals surface area contributed by atoms with E-state index in [1.54, 1.807) is 0 Å². The molecule has 0 saturated heterocycles. The van der Waals surface area contributed by atoms with Gasteiger partial charge in [0, 0.05) is 13.6 Å². The summed E-state index contributed by atoms with van der Waals surface area (Å²) in [4.78, 5) is 23.3. The lowest BCUT2D eigenvalue weighted by Crippen LogP contribution is -2.30. The van der Waals surface area contributed by atoms with Gasteiger partial charge in [-0.05, 0) is 18.8 Å². The number of carbonyl (C=O) groups is 2. The Bertz CT molecular complexity index is 349. The fourth-order valence-corrected chi connectivity index (χ4v) is 1.64. The molecule has 1 aliphatic heterocycles. The maximum Gasteiger partial charge on any atom is 0.407 e. The van der Waals surface area contributed by atoms with Crippen molar-refractivity contribution in [2.24, 2.45) is 11.0 Å². The monoisotopic (exact) mass is 225 g/mol. The second kappa shape index (κ2) is 4.11. The molecule has 88 valence electrons. The molecule has 0 radical (unpaired) electrons. The first kappa shape index (κ1) is 10.9. The van der Waals surface area contributed by atoms with Gasteiger partial charge in [0.2, 0.25) is 5.91 Å². The standard InChI is InChI=1S/C10H15N3O3/c1-12(10(15)16)6-8-4-9(14)13(11-8)5-7-2-3-7/h7H,2-6H2,1H3,(H,15,16). The van der Waals surface area contributed by atoms with E-state index < -0.39 is 6.09 Å². The summed E-state index contributed by atoms with van der Waals surface area (Å²) in [5, 5.41) is 14.4. The summed E-state index contributed by atoms with van der Waals surface area (Å²) in [6.45, 7) is 0.904. The minimum atomic E-state index is -1.00. The van der Waals surface area contributed by atoms with E-state index in [0.29, 0.717) is 18.2 Å². The van der Waals surface area contributed by atoms with Gasteiger partial charge in [-0.3, -0.25) is 4.79 Å². The summed E-state index contributed by atoms with van der Waals surface area (Å²) in [5.41, 5.74) is 0.635. The molecular formula is C10H15N3O3. The van der Waals surface area contributed by atoms with Crippen LogP contribution in [0, 0.1) is 5.92 Å². The number of hydrogen-bond donors (Lipinski definition) is 1. The van der Waals surface area contributed by atoms with Gasteiger partial charge in [0.15, 0.2) is 0 Å². The summed E-state index contributed by atoms with van der Waals surface area (Å²) in [6, 6.07) is 0. The number of amides is 2.